The van der Waals surface area contributed by atoms with Gasteiger partial charge in [-0.1, -0.05) is 36.4 Å². The molecule has 0 radical (unpaired) electrons. The van der Waals surface area contributed by atoms with E-state index in [9.17, 15) is 9.90 Å². The highest BCUT2D eigenvalue weighted by atomic mass is 16.4. The number of benzene rings is 1. The number of pyridine rings is 1. The lowest BCUT2D eigenvalue weighted by molar-refractivity contribution is 0.0598. The SMILES string of the molecule is Cc1oc(CC2CCCCN2C(=O)c2ncccc2-c2ccccc2)nc1C(C)(C)O. The van der Waals surface area contributed by atoms with E-state index in [0.717, 1.165) is 30.4 Å². The highest BCUT2D eigenvalue weighted by molar-refractivity contribution is 5.99. The molecule has 1 N–H and O–H groups in total. The van der Waals surface area contributed by atoms with Gasteiger partial charge in [0.2, 0.25) is 0 Å². The first kappa shape index (κ1) is 21.2. The van der Waals surface area contributed by atoms with E-state index in [2.05, 4.69) is 9.97 Å². The highest BCUT2D eigenvalue weighted by Gasteiger charge is 2.32. The number of rotatable bonds is 5. The van der Waals surface area contributed by atoms with Crippen LogP contribution in [0.1, 0.15) is 60.9 Å². The molecule has 3 heterocycles. The number of nitrogens with zero attached hydrogens (tertiary/aromatic N) is 3. The standard InChI is InChI=1S/C25H29N3O3/c1-17-23(25(2,3)30)27-21(31-17)16-19-12-7-8-15-28(19)24(29)22-20(13-9-14-26-22)18-10-5-4-6-11-18/h4-6,9-11,13-14,19,30H,7-8,12,15-16H2,1-3H3. The first-order valence-electron chi connectivity index (χ1n) is 10.8. The minimum Gasteiger partial charge on any atom is -0.446 e. The van der Waals surface area contributed by atoms with Crippen molar-refractivity contribution in [2.24, 2.45) is 0 Å². The number of aliphatic hydroxyl groups is 1. The van der Waals surface area contributed by atoms with Crippen molar-refractivity contribution in [3.05, 3.63) is 71.7 Å². The molecule has 1 aliphatic rings. The van der Waals surface area contributed by atoms with Crippen LogP contribution in [-0.4, -0.2) is 38.5 Å². The molecular weight excluding hydrogens is 390 g/mol. The number of carbonyl (C=O) groups is 1. The molecule has 1 aromatic carbocycles. The second-order valence-corrected chi connectivity index (χ2v) is 8.69. The molecular formula is C25H29N3O3. The van der Waals surface area contributed by atoms with Gasteiger partial charge in [-0.25, -0.2) is 4.98 Å². The number of likely N-dealkylation sites (tertiary alicyclic amines) is 1. The lowest BCUT2D eigenvalue weighted by Gasteiger charge is -2.35. The third-order valence-electron chi connectivity index (χ3n) is 5.81. The molecule has 0 aliphatic carbocycles. The Morgan fingerprint density at radius 2 is 1.97 bits per heavy atom. The molecule has 1 amide bonds. The Kier molecular flexibility index (Phi) is 5.92. The van der Waals surface area contributed by atoms with Crippen LogP contribution in [0.2, 0.25) is 0 Å². The quantitative estimate of drug-likeness (QED) is 0.658. The predicted octanol–water partition coefficient (Wildman–Crippen LogP) is 4.51. The van der Waals surface area contributed by atoms with Crippen LogP contribution in [0.5, 0.6) is 0 Å². The van der Waals surface area contributed by atoms with E-state index in [1.165, 1.54) is 0 Å². The summed E-state index contributed by atoms with van der Waals surface area (Å²) in [7, 11) is 0. The van der Waals surface area contributed by atoms with Crippen molar-refractivity contribution in [3.8, 4) is 11.1 Å². The molecule has 0 spiro atoms. The van der Waals surface area contributed by atoms with Crippen LogP contribution in [0.15, 0.2) is 53.1 Å². The smallest absolute Gasteiger partial charge is 0.273 e. The van der Waals surface area contributed by atoms with E-state index in [1.807, 2.05) is 54.3 Å². The molecule has 0 bridgehead atoms. The Labute approximate surface area is 183 Å². The predicted molar refractivity (Wildman–Crippen MR) is 119 cm³/mol. The fourth-order valence-electron chi connectivity index (χ4n) is 4.35. The third kappa shape index (κ3) is 4.54. The van der Waals surface area contributed by atoms with Gasteiger partial charge in [-0.2, -0.15) is 0 Å². The zero-order valence-electron chi connectivity index (χ0n) is 18.3. The monoisotopic (exact) mass is 419 g/mol. The molecule has 3 aromatic rings. The Hall–Kier alpha value is -2.99. The molecule has 1 fully saturated rings. The van der Waals surface area contributed by atoms with Gasteiger partial charge in [-0.05, 0) is 51.7 Å². The van der Waals surface area contributed by atoms with Crippen LogP contribution in [0.25, 0.3) is 11.1 Å². The Balaban J connectivity index is 1.61. The van der Waals surface area contributed by atoms with E-state index in [4.69, 9.17) is 4.42 Å². The first-order valence-corrected chi connectivity index (χ1v) is 10.8. The van der Waals surface area contributed by atoms with Gasteiger partial charge in [0, 0.05) is 30.8 Å². The van der Waals surface area contributed by atoms with E-state index < -0.39 is 5.60 Å². The summed E-state index contributed by atoms with van der Waals surface area (Å²) in [4.78, 5) is 24.5. The van der Waals surface area contributed by atoms with Gasteiger partial charge in [0.05, 0.1) is 0 Å². The van der Waals surface area contributed by atoms with E-state index in [1.54, 1.807) is 20.0 Å². The molecule has 6 heteroatoms. The largest absolute Gasteiger partial charge is 0.446 e. The maximum atomic E-state index is 13.6. The molecule has 0 saturated carbocycles. The lowest BCUT2D eigenvalue weighted by Crippen LogP contribution is -2.45. The van der Waals surface area contributed by atoms with Crippen molar-refractivity contribution in [1.82, 2.24) is 14.9 Å². The van der Waals surface area contributed by atoms with Crippen molar-refractivity contribution in [3.63, 3.8) is 0 Å². The van der Waals surface area contributed by atoms with E-state index in [-0.39, 0.29) is 11.9 Å². The topological polar surface area (TPSA) is 79.5 Å². The van der Waals surface area contributed by atoms with Gasteiger partial charge in [0.25, 0.3) is 5.91 Å². The van der Waals surface area contributed by atoms with Gasteiger partial charge in [0.1, 0.15) is 22.7 Å². The van der Waals surface area contributed by atoms with Crippen LogP contribution >= 0.6 is 0 Å². The molecule has 1 atom stereocenters. The Bertz CT molecular complexity index is 1050. The Morgan fingerprint density at radius 1 is 1.19 bits per heavy atom. The first-order chi connectivity index (χ1) is 14.8. The summed E-state index contributed by atoms with van der Waals surface area (Å²) in [6.07, 6.45) is 5.11. The summed E-state index contributed by atoms with van der Waals surface area (Å²) in [5.74, 6) is 1.12. The molecule has 6 nitrogen and oxygen atoms in total. The lowest BCUT2D eigenvalue weighted by atomic mass is 9.97. The van der Waals surface area contributed by atoms with Crippen LogP contribution in [0.3, 0.4) is 0 Å². The van der Waals surface area contributed by atoms with Crippen molar-refractivity contribution in [2.45, 2.75) is 58.1 Å². The molecule has 1 aliphatic heterocycles. The highest BCUT2D eigenvalue weighted by Crippen LogP contribution is 2.29. The fraction of sp³-hybridized carbons (Fsp3) is 0.400. The molecule has 162 valence electrons. The molecule has 1 saturated heterocycles. The number of hydrogen-bond donors (Lipinski definition) is 1. The number of aryl methyl sites for hydroxylation is 1. The fourth-order valence-corrected chi connectivity index (χ4v) is 4.35. The van der Waals surface area contributed by atoms with Crippen LogP contribution in [0.4, 0.5) is 0 Å². The van der Waals surface area contributed by atoms with Crippen molar-refractivity contribution >= 4 is 5.91 Å². The Morgan fingerprint density at radius 3 is 2.68 bits per heavy atom. The zero-order valence-corrected chi connectivity index (χ0v) is 18.3. The summed E-state index contributed by atoms with van der Waals surface area (Å²) in [5, 5.41) is 10.3. The number of amides is 1. The second-order valence-electron chi connectivity index (χ2n) is 8.69. The molecule has 31 heavy (non-hydrogen) atoms. The van der Waals surface area contributed by atoms with Gasteiger partial charge >= 0.3 is 0 Å². The molecule has 1 unspecified atom stereocenters. The minimum absolute atomic E-state index is 0.0143. The summed E-state index contributed by atoms with van der Waals surface area (Å²) in [6, 6.07) is 13.7. The molecule has 4 rings (SSSR count). The van der Waals surface area contributed by atoms with Gasteiger partial charge in [-0.3, -0.25) is 9.78 Å². The van der Waals surface area contributed by atoms with Crippen LogP contribution in [0, 0.1) is 6.92 Å². The summed E-state index contributed by atoms with van der Waals surface area (Å²) in [6.45, 7) is 5.90. The average molecular weight is 420 g/mol. The number of oxazole rings is 1. The van der Waals surface area contributed by atoms with Gasteiger partial charge < -0.3 is 14.4 Å². The van der Waals surface area contributed by atoms with Crippen molar-refractivity contribution < 1.29 is 14.3 Å². The van der Waals surface area contributed by atoms with Crippen molar-refractivity contribution in [1.29, 1.82) is 0 Å². The average Bonchev–Trinajstić information content (AvgIpc) is 3.15. The summed E-state index contributed by atoms with van der Waals surface area (Å²) >= 11 is 0. The zero-order chi connectivity index (χ0) is 22.0. The normalized spacial score (nSPS) is 17.0. The maximum absolute atomic E-state index is 13.6. The van der Waals surface area contributed by atoms with Gasteiger partial charge in [-0.15, -0.1) is 0 Å². The molecule has 2 aromatic heterocycles. The van der Waals surface area contributed by atoms with Crippen LogP contribution < -0.4 is 0 Å². The van der Waals surface area contributed by atoms with Gasteiger partial charge in [0.15, 0.2) is 5.89 Å². The maximum Gasteiger partial charge on any atom is 0.273 e. The number of piperidine rings is 1. The third-order valence-corrected chi connectivity index (χ3v) is 5.81. The van der Waals surface area contributed by atoms with E-state index >= 15 is 0 Å². The summed E-state index contributed by atoms with van der Waals surface area (Å²) < 4.78 is 5.85. The summed E-state index contributed by atoms with van der Waals surface area (Å²) in [5.41, 5.74) is 1.78. The van der Waals surface area contributed by atoms with Crippen molar-refractivity contribution in [2.75, 3.05) is 6.54 Å². The van der Waals surface area contributed by atoms with E-state index in [0.29, 0.717) is 36.0 Å². The minimum atomic E-state index is -1.06. The van der Waals surface area contributed by atoms with Crippen LogP contribution in [-0.2, 0) is 12.0 Å². The number of hydrogen-bond acceptors (Lipinski definition) is 5. The number of carbonyl (C=O) groups excluding carboxylic acids is 1. The number of aromatic nitrogens is 2. The second kappa shape index (κ2) is 8.63.